The van der Waals surface area contributed by atoms with Gasteiger partial charge in [0.25, 0.3) is 0 Å². The highest BCUT2D eigenvalue weighted by molar-refractivity contribution is 5.11. The number of hydrogen-bond acceptors (Lipinski definition) is 4. The quantitative estimate of drug-likeness (QED) is 0.846. The Morgan fingerprint density at radius 2 is 2.25 bits per heavy atom. The van der Waals surface area contributed by atoms with Crippen molar-refractivity contribution in [2.24, 2.45) is 0 Å². The molecule has 5 nitrogen and oxygen atoms in total. The minimum atomic E-state index is 0.259. The molecule has 2 rings (SSSR count). The van der Waals surface area contributed by atoms with Crippen molar-refractivity contribution in [1.29, 1.82) is 0 Å². The molecule has 1 aliphatic heterocycles. The molecule has 1 saturated heterocycles. The van der Waals surface area contributed by atoms with E-state index in [1.54, 1.807) is 0 Å². The Bertz CT molecular complexity index is 418. The molecule has 2 heterocycles. The van der Waals surface area contributed by atoms with Crippen LogP contribution < -0.4 is 5.32 Å². The summed E-state index contributed by atoms with van der Waals surface area (Å²) >= 11 is 0. The smallest absolute Gasteiger partial charge is 0.0858 e. The fourth-order valence-electron chi connectivity index (χ4n) is 2.94. The van der Waals surface area contributed by atoms with Crippen LogP contribution in [0.15, 0.2) is 6.07 Å². The molecule has 1 fully saturated rings. The van der Waals surface area contributed by atoms with Crippen LogP contribution in [-0.4, -0.2) is 60.1 Å². The van der Waals surface area contributed by atoms with Gasteiger partial charge >= 0.3 is 0 Å². The summed E-state index contributed by atoms with van der Waals surface area (Å²) in [5, 5.41) is 7.96. The van der Waals surface area contributed by atoms with Gasteiger partial charge in [0, 0.05) is 37.8 Å². The number of ether oxygens (including phenoxy) is 1. The summed E-state index contributed by atoms with van der Waals surface area (Å²) in [4.78, 5) is 2.46. The number of aryl methyl sites for hydroxylation is 2. The van der Waals surface area contributed by atoms with Crippen LogP contribution in [-0.2, 0) is 17.7 Å². The van der Waals surface area contributed by atoms with E-state index in [9.17, 15) is 0 Å². The van der Waals surface area contributed by atoms with Gasteiger partial charge in [-0.15, -0.1) is 0 Å². The maximum Gasteiger partial charge on any atom is 0.0858 e. The van der Waals surface area contributed by atoms with Crippen molar-refractivity contribution >= 4 is 0 Å². The number of likely N-dealkylation sites (N-methyl/N-ethyl adjacent to an activating group) is 2. The highest BCUT2D eigenvalue weighted by Crippen LogP contribution is 2.14. The standard InChI is InChI=1S/C15H28N4O/c1-5-18-7-8-20-15(11-18)14(16-4)10-13-9-12(3)17-19(13)6-2/h9,14-16H,5-8,10-11H2,1-4H3. The lowest BCUT2D eigenvalue weighted by Crippen LogP contribution is -2.52. The van der Waals surface area contributed by atoms with Gasteiger partial charge in [-0.05, 0) is 33.5 Å². The second-order valence-electron chi connectivity index (χ2n) is 5.49. The first-order chi connectivity index (χ1) is 9.67. The Kier molecular flexibility index (Phi) is 5.57. The highest BCUT2D eigenvalue weighted by atomic mass is 16.5. The molecule has 5 heteroatoms. The third-order valence-electron chi connectivity index (χ3n) is 4.16. The molecular weight excluding hydrogens is 252 g/mol. The van der Waals surface area contributed by atoms with Crippen molar-refractivity contribution in [1.82, 2.24) is 20.0 Å². The first-order valence-corrected chi connectivity index (χ1v) is 7.72. The van der Waals surface area contributed by atoms with Crippen molar-refractivity contribution < 1.29 is 4.74 Å². The summed E-state index contributed by atoms with van der Waals surface area (Å²) in [5.41, 5.74) is 2.39. The number of nitrogens with one attached hydrogen (secondary N) is 1. The van der Waals surface area contributed by atoms with Gasteiger partial charge in [0.1, 0.15) is 0 Å². The summed E-state index contributed by atoms with van der Waals surface area (Å²) in [6, 6.07) is 2.53. The van der Waals surface area contributed by atoms with Crippen molar-refractivity contribution in [3.8, 4) is 0 Å². The van der Waals surface area contributed by atoms with E-state index in [-0.39, 0.29) is 6.10 Å². The molecule has 114 valence electrons. The van der Waals surface area contributed by atoms with Crippen molar-refractivity contribution in [2.45, 2.75) is 45.9 Å². The molecule has 0 radical (unpaired) electrons. The largest absolute Gasteiger partial charge is 0.374 e. The first-order valence-electron chi connectivity index (χ1n) is 7.72. The summed E-state index contributed by atoms with van der Waals surface area (Å²) in [6.07, 6.45) is 1.22. The number of rotatable bonds is 6. The zero-order valence-electron chi connectivity index (χ0n) is 13.2. The van der Waals surface area contributed by atoms with Crippen LogP contribution in [0.1, 0.15) is 25.2 Å². The fraction of sp³-hybridized carbons (Fsp3) is 0.800. The maximum atomic E-state index is 5.98. The SMILES string of the molecule is CCN1CCOC(C(Cc2cc(C)nn2CC)NC)C1. The van der Waals surface area contributed by atoms with Crippen molar-refractivity contribution in [3.05, 3.63) is 17.5 Å². The third kappa shape index (κ3) is 3.59. The van der Waals surface area contributed by atoms with Crippen LogP contribution in [0.25, 0.3) is 0 Å². The topological polar surface area (TPSA) is 42.3 Å². The molecule has 20 heavy (non-hydrogen) atoms. The molecule has 2 unspecified atom stereocenters. The highest BCUT2D eigenvalue weighted by Gasteiger charge is 2.27. The zero-order valence-corrected chi connectivity index (χ0v) is 13.2. The van der Waals surface area contributed by atoms with Gasteiger partial charge in [-0.3, -0.25) is 9.58 Å². The van der Waals surface area contributed by atoms with Crippen LogP contribution >= 0.6 is 0 Å². The Hall–Kier alpha value is -0.910. The number of morpholine rings is 1. The van der Waals surface area contributed by atoms with E-state index in [1.165, 1.54) is 5.69 Å². The molecule has 2 atom stereocenters. The van der Waals surface area contributed by atoms with E-state index in [0.29, 0.717) is 6.04 Å². The molecule has 0 spiro atoms. The average Bonchev–Trinajstić information content (AvgIpc) is 2.84. The van der Waals surface area contributed by atoms with E-state index in [2.05, 4.69) is 46.8 Å². The van der Waals surface area contributed by atoms with Gasteiger partial charge in [0.05, 0.1) is 18.4 Å². The molecule has 0 bridgehead atoms. The second-order valence-corrected chi connectivity index (χ2v) is 5.49. The molecule has 1 aliphatic rings. The fourth-order valence-corrected chi connectivity index (χ4v) is 2.94. The molecule has 1 N–H and O–H groups in total. The predicted octanol–water partition coefficient (Wildman–Crippen LogP) is 1.06. The Labute approximate surface area is 122 Å². The van der Waals surface area contributed by atoms with Crippen LogP contribution in [0.3, 0.4) is 0 Å². The lowest BCUT2D eigenvalue weighted by Gasteiger charge is -2.36. The maximum absolute atomic E-state index is 5.98. The first kappa shape index (κ1) is 15.5. The number of nitrogens with zero attached hydrogens (tertiary/aromatic N) is 3. The van der Waals surface area contributed by atoms with Gasteiger partial charge in [0.2, 0.25) is 0 Å². The van der Waals surface area contributed by atoms with Gasteiger partial charge in [-0.2, -0.15) is 5.10 Å². The number of hydrogen-bond donors (Lipinski definition) is 1. The Morgan fingerprint density at radius 1 is 1.45 bits per heavy atom. The minimum Gasteiger partial charge on any atom is -0.374 e. The second kappa shape index (κ2) is 7.20. The van der Waals surface area contributed by atoms with Crippen molar-refractivity contribution in [2.75, 3.05) is 33.3 Å². The van der Waals surface area contributed by atoms with E-state index in [1.807, 2.05) is 7.05 Å². The van der Waals surface area contributed by atoms with Gasteiger partial charge in [-0.25, -0.2) is 0 Å². The van der Waals surface area contributed by atoms with Gasteiger partial charge < -0.3 is 10.1 Å². The molecule has 0 aliphatic carbocycles. The summed E-state index contributed by atoms with van der Waals surface area (Å²) in [6.45, 7) is 11.3. The lowest BCUT2D eigenvalue weighted by molar-refractivity contribution is -0.0438. The van der Waals surface area contributed by atoms with Crippen LogP contribution in [0.5, 0.6) is 0 Å². The summed E-state index contributed by atoms with van der Waals surface area (Å²) in [7, 11) is 2.03. The van der Waals surface area contributed by atoms with E-state index >= 15 is 0 Å². The van der Waals surface area contributed by atoms with Crippen LogP contribution in [0.4, 0.5) is 0 Å². The molecule has 1 aromatic rings. The zero-order chi connectivity index (χ0) is 14.5. The predicted molar refractivity (Wildman–Crippen MR) is 81.0 cm³/mol. The summed E-state index contributed by atoms with van der Waals surface area (Å²) < 4.78 is 8.08. The third-order valence-corrected chi connectivity index (χ3v) is 4.16. The van der Waals surface area contributed by atoms with Crippen molar-refractivity contribution in [3.63, 3.8) is 0 Å². The molecule has 0 saturated carbocycles. The van der Waals surface area contributed by atoms with E-state index < -0.39 is 0 Å². The van der Waals surface area contributed by atoms with Gasteiger partial charge in [0.15, 0.2) is 0 Å². The molecular formula is C15H28N4O. The molecule has 0 amide bonds. The monoisotopic (exact) mass is 280 g/mol. The Balaban J connectivity index is 2.04. The average molecular weight is 280 g/mol. The molecule has 0 aromatic carbocycles. The summed E-state index contributed by atoms with van der Waals surface area (Å²) in [5.74, 6) is 0. The van der Waals surface area contributed by atoms with Crippen LogP contribution in [0, 0.1) is 6.92 Å². The number of aromatic nitrogens is 2. The van der Waals surface area contributed by atoms with Crippen LogP contribution in [0.2, 0.25) is 0 Å². The normalized spacial score (nSPS) is 22.1. The van der Waals surface area contributed by atoms with Gasteiger partial charge in [-0.1, -0.05) is 6.92 Å². The Morgan fingerprint density at radius 3 is 2.90 bits per heavy atom. The lowest BCUT2D eigenvalue weighted by atomic mass is 10.0. The van der Waals surface area contributed by atoms with E-state index in [0.717, 1.165) is 44.9 Å². The molecule has 1 aromatic heterocycles. The minimum absolute atomic E-state index is 0.259. The van der Waals surface area contributed by atoms with E-state index in [4.69, 9.17) is 4.74 Å².